The quantitative estimate of drug-likeness (QED) is 0.182. The fraction of sp³-hybridized carbons (Fsp3) is 0.167. The van der Waals surface area contributed by atoms with Crippen LogP contribution in [0.3, 0.4) is 0 Å². The zero-order chi connectivity index (χ0) is 36.2. The zero-order valence-electron chi connectivity index (χ0n) is 30.5. The number of phenolic OH excluding ortho intramolecular Hbond substituents is 1. The van der Waals surface area contributed by atoms with Crippen LogP contribution in [0.4, 0.5) is 5.69 Å². The van der Waals surface area contributed by atoms with E-state index in [0.29, 0.717) is 5.56 Å². The average Bonchev–Trinajstić information content (AvgIpc) is 3.57. The number of fused-ring (bicyclic) bond motifs is 3. The molecule has 8 aromatic rings. The van der Waals surface area contributed by atoms with Gasteiger partial charge in [0.05, 0.1) is 15.9 Å². The van der Waals surface area contributed by atoms with Crippen LogP contribution in [0, 0.1) is 0 Å². The highest BCUT2D eigenvalue weighted by Crippen LogP contribution is 2.44. The molecule has 4 heteroatoms. The molecule has 0 fully saturated rings. The van der Waals surface area contributed by atoms with Crippen LogP contribution in [-0.2, 0) is 10.8 Å². The third-order valence-corrected chi connectivity index (χ3v) is 11.0. The van der Waals surface area contributed by atoms with Gasteiger partial charge in [-0.25, -0.2) is 4.98 Å². The van der Waals surface area contributed by atoms with Crippen molar-refractivity contribution in [3.63, 3.8) is 0 Å². The van der Waals surface area contributed by atoms with E-state index in [-0.39, 0.29) is 16.6 Å². The van der Waals surface area contributed by atoms with Crippen LogP contribution >= 0.6 is 11.3 Å². The molecule has 3 nitrogen and oxygen atoms in total. The molecule has 0 bridgehead atoms. The normalized spacial score (nSPS) is 12.4. The predicted octanol–water partition coefficient (Wildman–Crippen LogP) is 13.7. The molecule has 0 unspecified atom stereocenters. The van der Waals surface area contributed by atoms with E-state index in [1.807, 2.05) is 12.1 Å². The summed E-state index contributed by atoms with van der Waals surface area (Å²) in [5.41, 5.74) is 10.4. The second-order valence-electron chi connectivity index (χ2n) is 15.7. The van der Waals surface area contributed by atoms with Gasteiger partial charge in [0.15, 0.2) is 0 Å². The van der Waals surface area contributed by atoms with Crippen molar-refractivity contribution in [3.05, 3.63) is 150 Å². The Morgan fingerprint density at radius 3 is 2.06 bits per heavy atom. The van der Waals surface area contributed by atoms with E-state index in [1.54, 1.807) is 23.6 Å². The second kappa shape index (κ2) is 12.9. The van der Waals surface area contributed by atoms with E-state index in [4.69, 9.17) is 9.98 Å². The molecule has 0 saturated carbocycles. The maximum absolute atomic E-state index is 10.8. The topological polar surface area (TPSA) is 45.5 Å². The van der Waals surface area contributed by atoms with E-state index in [0.717, 1.165) is 53.9 Å². The predicted molar refractivity (Wildman–Crippen MR) is 224 cm³/mol. The Hall–Kier alpha value is -5.58. The van der Waals surface area contributed by atoms with Crippen molar-refractivity contribution in [3.8, 4) is 38.6 Å². The maximum Gasteiger partial charge on any atom is 0.126 e. The smallest absolute Gasteiger partial charge is 0.126 e. The molecule has 1 heterocycles. The molecule has 0 aliphatic heterocycles. The molecule has 1 N–H and O–H groups in total. The number of nitrogens with zero attached hydrogens (tertiary/aromatic N) is 2. The molecule has 0 aliphatic rings. The molecular formula is C48H42N2OS. The molecule has 52 heavy (non-hydrogen) atoms. The van der Waals surface area contributed by atoms with Crippen molar-refractivity contribution < 1.29 is 5.11 Å². The summed E-state index contributed by atoms with van der Waals surface area (Å²) in [7, 11) is 0. The van der Waals surface area contributed by atoms with Crippen molar-refractivity contribution in [2.45, 2.75) is 52.4 Å². The van der Waals surface area contributed by atoms with Gasteiger partial charge in [-0.2, -0.15) is 0 Å². The Morgan fingerprint density at radius 2 is 1.27 bits per heavy atom. The highest BCUT2D eigenvalue weighted by molar-refractivity contribution is 7.21. The lowest BCUT2D eigenvalue weighted by molar-refractivity contribution is 0.473. The minimum atomic E-state index is -0.0551. The first kappa shape index (κ1) is 33.6. The van der Waals surface area contributed by atoms with Gasteiger partial charge in [0.1, 0.15) is 10.8 Å². The first-order chi connectivity index (χ1) is 24.9. The van der Waals surface area contributed by atoms with Gasteiger partial charge in [-0.05, 0) is 97.3 Å². The third kappa shape index (κ3) is 6.40. The van der Waals surface area contributed by atoms with Gasteiger partial charge in [-0.3, -0.25) is 4.99 Å². The minimum absolute atomic E-state index is 0.0505. The Labute approximate surface area is 310 Å². The van der Waals surface area contributed by atoms with Crippen molar-refractivity contribution in [1.29, 1.82) is 0 Å². The number of hydrogen-bond acceptors (Lipinski definition) is 4. The van der Waals surface area contributed by atoms with E-state index >= 15 is 0 Å². The Kier molecular flexibility index (Phi) is 8.31. The Balaban J connectivity index is 1.29. The number of thiazole rings is 1. The largest absolute Gasteiger partial charge is 0.507 e. The summed E-state index contributed by atoms with van der Waals surface area (Å²) in [6.07, 6.45) is 1.80. The van der Waals surface area contributed by atoms with Gasteiger partial charge in [0.25, 0.3) is 0 Å². The first-order valence-electron chi connectivity index (χ1n) is 17.9. The van der Waals surface area contributed by atoms with Gasteiger partial charge in [0, 0.05) is 28.3 Å². The van der Waals surface area contributed by atoms with Crippen molar-refractivity contribution in [2.24, 2.45) is 4.99 Å². The first-order valence-corrected chi connectivity index (χ1v) is 18.7. The number of aliphatic imine (C=N–C) groups is 1. The van der Waals surface area contributed by atoms with Crippen molar-refractivity contribution in [2.75, 3.05) is 0 Å². The number of aromatic nitrogens is 1. The van der Waals surface area contributed by atoms with E-state index in [2.05, 4.69) is 157 Å². The SMILES string of the molecule is CC(C)(C)c1ccc(O)c(C=Nc2c(-c3nc4c(-c5cccc(-c6ccc7ccccc7c6)c5)cc(C(C)(C)C)cc4s3)ccc3ccccc23)c1. The number of benzene rings is 7. The minimum Gasteiger partial charge on any atom is -0.507 e. The fourth-order valence-electron chi connectivity index (χ4n) is 6.86. The van der Waals surface area contributed by atoms with Gasteiger partial charge in [0.2, 0.25) is 0 Å². The van der Waals surface area contributed by atoms with Gasteiger partial charge < -0.3 is 5.11 Å². The van der Waals surface area contributed by atoms with Crippen LogP contribution in [0.25, 0.3) is 64.6 Å². The monoisotopic (exact) mass is 694 g/mol. The van der Waals surface area contributed by atoms with Gasteiger partial charge >= 0.3 is 0 Å². The van der Waals surface area contributed by atoms with Gasteiger partial charge in [-0.15, -0.1) is 11.3 Å². The summed E-state index contributed by atoms with van der Waals surface area (Å²) in [6.45, 7) is 13.3. The lowest BCUT2D eigenvalue weighted by Crippen LogP contribution is -2.11. The highest BCUT2D eigenvalue weighted by Gasteiger charge is 2.22. The number of phenols is 1. The van der Waals surface area contributed by atoms with Crippen LogP contribution in [0.1, 0.15) is 58.2 Å². The van der Waals surface area contributed by atoms with Crippen LogP contribution in [0.15, 0.2) is 138 Å². The van der Waals surface area contributed by atoms with Crippen molar-refractivity contribution in [1.82, 2.24) is 4.98 Å². The molecule has 0 radical (unpaired) electrons. The Bertz CT molecular complexity index is 2670. The molecule has 0 spiro atoms. The van der Waals surface area contributed by atoms with E-state index < -0.39 is 0 Å². The van der Waals surface area contributed by atoms with Crippen LogP contribution in [0.2, 0.25) is 0 Å². The molecule has 0 saturated heterocycles. The van der Waals surface area contributed by atoms with Crippen LogP contribution < -0.4 is 0 Å². The lowest BCUT2D eigenvalue weighted by Gasteiger charge is -2.20. The number of aromatic hydroxyl groups is 1. The fourth-order valence-corrected chi connectivity index (χ4v) is 7.92. The summed E-state index contributed by atoms with van der Waals surface area (Å²) < 4.78 is 1.15. The number of rotatable bonds is 5. The Morgan fingerprint density at radius 1 is 0.577 bits per heavy atom. The summed E-state index contributed by atoms with van der Waals surface area (Å²) in [6, 6.07) is 47.1. The summed E-state index contributed by atoms with van der Waals surface area (Å²) in [5, 5.41) is 16.4. The standard InChI is InChI=1S/C48H42N2OS/c1-47(2,3)37-21-23-42(51)36(26-37)29-49-44-39-17-10-9-13-31(39)20-22-40(44)46-50-45-41(27-38(48(4,5)6)28-43(45)52-46)35-16-11-15-33(25-35)34-19-18-30-12-7-8-14-32(30)24-34/h7-29,51H,1-6H3. The molecule has 1 aromatic heterocycles. The molecule has 256 valence electrons. The number of hydrogen-bond donors (Lipinski definition) is 1. The summed E-state index contributed by atoms with van der Waals surface area (Å²) >= 11 is 1.71. The molecule has 7 aromatic carbocycles. The average molecular weight is 695 g/mol. The van der Waals surface area contributed by atoms with Crippen LogP contribution in [0.5, 0.6) is 5.75 Å². The second-order valence-corrected chi connectivity index (χ2v) is 16.8. The zero-order valence-corrected chi connectivity index (χ0v) is 31.3. The highest BCUT2D eigenvalue weighted by atomic mass is 32.1. The lowest BCUT2D eigenvalue weighted by atomic mass is 9.85. The summed E-state index contributed by atoms with van der Waals surface area (Å²) in [5.74, 6) is 0.212. The third-order valence-electron chi connectivity index (χ3n) is 9.97. The summed E-state index contributed by atoms with van der Waals surface area (Å²) in [4.78, 5) is 10.5. The maximum atomic E-state index is 10.8. The van der Waals surface area contributed by atoms with Crippen LogP contribution in [-0.4, -0.2) is 16.3 Å². The molecular weight excluding hydrogens is 653 g/mol. The van der Waals surface area contributed by atoms with E-state index in [9.17, 15) is 5.11 Å². The molecule has 0 aliphatic carbocycles. The molecule has 0 atom stereocenters. The van der Waals surface area contributed by atoms with E-state index in [1.165, 1.54) is 27.5 Å². The molecule has 0 amide bonds. The molecule has 8 rings (SSSR count). The van der Waals surface area contributed by atoms with Gasteiger partial charge in [-0.1, -0.05) is 133 Å². The van der Waals surface area contributed by atoms with Crippen molar-refractivity contribution >= 4 is 55.0 Å².